The number of amides is 2. The lowest BCUT2D eigenvalue weighted by molar-refractivity contribution is -0.160. The average Bonchev–Trinajstić information content (AvgIpc) is 3.49. The van der Waals surface area contributed by atoms with Crippen LogP contribution in [0.2, 0.25) is 0 Å². The molecule has 0 aromatic carbocycles. The minimum atomic E-state index is -4.76. The highest BCUT2D eigenvalue weighted by atomic mass is 19.4. The van der Waals surface area contributed by atoms with Crippen LogP contribution in [0.15, 0.2) is 24.7 Å². The number of hydrogen-bond donors (Lipinski definition) is 2. The van der Waals surface area contributed by atoms with Gasteiger partial charge in [0.05, 0.1) is 25.4 Å². The van der Waals surface area contributed by atoms with Gasteiger partial charge in [0.2, 0.25) is 11.8 Å². The molecule has 0 aliphatic carbocycles. The summed E-state index contributed by atoms with van der Waals surface area (Å²) in [6.07, 6.45) is -6.33. The monoisotopic (exact) mass is 614 g/mol. The van der Waals surface area contributed by atoms with Crippen LogP contribution in [0.5, 0.6) is 5.88 Å². The number of pyridine rings is 1. The number of nitrogen functional groups attached to an aromatic ring is 1. The highest BCUT2D eigenvalue weighted by Crippen LogP contribution is 2.35. The van der Waals surface area contributed by atoms with E-state index in [0.717, 1.165) is 0 Å². The largest absolute Gasteiger partial charge is 0.480 e. The van der Waals surface area contributed by atoms with E-state index in [1.165, 1.54) is 30.2 Å². The van der Waals surface area contributed by atoms with Crippen LogP contribution in [0.3, 0.4) is 0 Å². The van der Waals surface area contributed by atoms with Crippen molar-refractivity contribution in [3.05, 3.63) is 35.8 Å². The van der Waals surface area contributed by atoms with Crippen molar-refractivity contribution in [3.63, 3.8) is 0 Å². The smallest absolute Gasteiger partial charge is 0.397 e. The average molecular weight is 615 g/mol. The zero-order valence-electron chi connectivity index (χ0n) is 22.9. The van der Waals surface area contributed by atoms with Crippen molar-refractivity contribution in [2.24, 2.45) is 0 Å². The molecular formula is C26H28F6N8O3. The molecule has 2 fully saturated rings. The molecule has 2 aliphatic rings. The van der Waals surface area contributed by atoms with E-state index in [-0.39, 0.29) is 55.3 Å². The molecule has 2 atom stereocenters. The number of hydrogen-bond acceptors (Lipinski definition) is 8. The number of fused-ring (bicyclic) bond motifs is 1. The van der Waals surface area contributed by atoms with E-state index in [2.05, 4.69) is 20.4 Å². The van der Waals surface area contributed by atoms with Crippen molar-refractivity contribution in [2.45, 2.75) is 50.1 Å². The maximum Gasteiger partial charge on any atom is 0.397 e. The first-order valence-corrected chi connectivity index (χ1v) is 13.3. The fraction of sp³-hybridized carbons (Fsp3) is 0.500. The first kappa shape index (κ1) is 30.3. The van der Waals surface area contributed by atoms with Crippen LogP contribution in [0, 0.1) is 0 Å². The zero-order chi connectivity index (χ0) is 31.1. The Balaban J connectivity index is 1.46. The van der Waals surface area contributed by atoms with Gasteiger partial charge in [0.15, 0.2) is 5.82 Å². The van der Waals surface area contributed by atoms with E-state index < -0.39 is 55.6 Å². The van der Waals surface area contributed by atoms with Gasteiger partial charge in [0.1, 0.15) is 30.0 Å². The highest BCUT2D eigenvalue weighted by molar-refractivity contribution is 6.03. The molecular weight excluding hydrogens is 586 g/mol. The van der Waals surface area contributed by atoms with Gasteiger partial charge in [-0.15, -0.1) is 0 Å². The second kappa shape index (κ2) is 11.5. The normalized spacial score (nSPS) is 20.9. The number of methoxy groups -OCH3 is 1. The number of carbonyl (C=O) groups excluding carboxylic acids is 2. The number of nitrogens with zero attached hydrogens (tertiary/aromatic N) is 6. The van der Waals surface area contributed by atoms with Crippen molar-refractivity contribution in [1.29, 1.82) is 0 Å². The first-order chi connectivity index (χ1) is 20.3. The highest BCUT2D eigenvalue weighted by Gasteiger charge is 2.41. The molecule has 0 saturated carbocycles. The van der Waals surface area contributed by atoms with Crippen molar-refractivity contribution < 1.29 is 40.7 Å². The lowest BCUT2D eigenvalue weighted by Gasteiger charge is -2.31. The number of nitrogens with two attached hydrogens (primary N) is 1. The minimum Gasteiger partial charge on any atom is -0.480 e. The second-order valence-corrected chi connectivity index (χ2v) is 10.5. The van der Waals surface area contributed by atoms with Crippen LogP contribution >= 0.6 is 0 Å². The van der Waals surface area contributed by atoms with Crippen LogP contribution in [-0.2, 0) is 11.3 Å². The van der Waals surface area contributed by atoms with Crippen LogP contribution in [0.1, 0.15) is 35.2 Å². The summed E-state index contributed by atoms with van der Waals surface area (Å²) in [6, 6.07) is 1.88. The van der Waals surface area contributed by atoms with Crippen molar-refractivity contribution in [2.75, 3.05) is 39.0 Å². The number of carbonyl (C=O) groups is 2. The topological polar surface area (TPSA) is 131 Å². The Labute approximate surface area is 241 Å². The molecule has 17 heteroatoms. The minimum absolute atomic E-state index is 0.112. The maximum atomic E-state index is 14.8. The molecule has 3 N–H and O–H groups in total. The number of likely N-dealkylation sites (tertiary alicyclic amines) is 2. The molecule has 2 saturated heterocycles. The van der Waals surface area contributed by atoms with Gasteiger partial charge >= 0.3 is 6.18 Å². The van der Waals surface area contributed by atoms with Gasteiger partial charge in [-0.25, -0.2) is 27.7 Å². The van der Waals surface area contributed by atoms with Gasteiger partial charge in [-0.2, -0.15) is 18.3 Å². The third-order valence-corrected chi connectivity index (χ3v) is 7.53. The number of nitrogens with one attached hydrogen (secondary N) is 1. The molecule has 232 valence electrons. The molecule has 0 spiro atoms. The summed E-state index contributed by atoms with van der Waals surface area (Å²) < 4.78 is 87.1. The Morgan fingerprint density at radius 1 is 1.19 bits per heavy atom. The summed E-state index contributed by atoms with van der Waals surface area (Å²) in [5.74, 6) is -4.91. The lowest BCUT2D eigenvalue weighted by atomic mass is 10.0. The van der Waals surface area contributed by atoms with Gasteiger partial charge in [-0.05, 0) is 17.7 Å². The molecule has 43 heavy (non-hydrogen) atoms. The summed E-state index contributed by atoms with van der Waals surface area (Å²) in [7, 11) is 1.27. The van der Waals surface area contributed by atoms with Crippen LogP contribution < -0.4 is 15.8 Å². The number of aromatic nitrogens is 4. The lowest BCUT2D eigenvalue weighted by Crippen LogP contribution is -2.42. The Kier molecular flexibility index (Phi) is 8.11. The molecule has 2 amide bonds. The van der Waals surface area contributed by atoms with Crippen LogP contribution in [0.4, 0.5) is 32.2 Å². The molecule has 0 unspecified atom stereocenters. The number of piperidine rings is 1. The molecule has 5 heterocycles. The van der Waals surface area contributed by atoms with Gasteiger partial charge in [-0.3, -0.25) is 14.5 Å². The SMILES string of the molecule is COc1nccc(-c2cc(CN3CCC(F)(F)CC3)c3c(N)ncnn23)c1C(=O)N[C@@H]1CN(C(=O)CC(F)(F)F)C[C@@H]1F. The molecule has 2 aliphatic heterocycles. The van der Waals surface area contributed by atoms with E-state index in [1.807, 2.05) is 4.90 Å². The Hall–Kier alpha value is -4.15. The molecule has 0 bridgehead atoms. The maximum absolute atomic E-state index is 14.8. The predicted octanol–water partition coefficient (Wildman–Crippen LogP) is 2.84. The van der Waals surface area contributed by atoms with E-state index in [4.69, 9.17) is 10.5 Å². The molecule has 5 rings (SSSR count). The van der Waals surface area contributed by atoms with Gasteiger partial charge in [0.25, 0.3) is 11.8 Å². The van der Waals surface area contributed by atoms with Crippen LogP contribution in [0.25, 0.3) is 16.8 Å². The van der Waals surface area contributed by atoms with Crippen molar-refractivity contribution in [1.82, 2.24) is 34.7 Å². The molecule has 3 aromatic rings. The van der Waals surface area contributed by atoms with Crippen molar-refractivity contribution >= 4 is 23.1 Å². The second-order valence-electron chi connectivity index (χ2n) is 10.5. The number of alkyl halides is 6. The number of halogens is 6. The summed E-state index contributed by atoms with van der Waals surface area (Å²) in [6.45, 7) is -0.524. The fourth-order valence-electron chi connectivity index (χ4n) is 5.39. The molecule has 11 nitrogen and oxygen atoms in total. The van der Waals surface area contributed by atoms with Gasteiger partial charge in [0, 0.05) is 50.8 Å². The van der Waals surface area contributed by atoms with E-state index in [0.29, 0.717) is 21.7 Å². The zero-order valence-corrected chi connectivity index (χ0v) is 22.9. The van der Waals surface area contributed by atoms with Crippen LogP contribution in [-0.4, -0.2) is 98.8 Å². The number of anilines is 1. The number of ether oxygens (including phenoxy) is 1. The predicted molar refractivity (Wildman–Crippen MR) is 140 cm³/mol. The van der Waals surface area contributed by atoms with Crippen molar-refractivity contribution in [3.8, 4) is 17.1 Å². The fourth-order valence-corrected chi connectivity index (χ4v) is 5.39. The Morgan fingerprint density at radius 3 is 2.58 bits per heavy atom. The third kappa shape index (κ3) is 6.45. The summed E-state index contributed by atoms with van der Waals surface area (Å²) >= 11 is 0. The standard InChI is InChI=1S/C26H28F6N8O3/c1-43-24-20(23(42)37-17-12-39(11-16(17)27)19(41)9-26(30,31)32)15(2-5-34-24)18-8-14(21-22(33)35-13-36-40(18)21)10-38-6-3-25(28,29)4-7-38/h2,5,8,13,16-17H,3-4,6-7,9-12H2,1H3,(H,37,42)(H2,33,35,36)/t16-,17+/m0/s1. The quantitative estimate of drug-likeness (QED) is 0.389. The third-order valence-electron chi connectivity index (χ3n) is 7.53. The Bertz CT molecular complexity index is 1520. The van der Waals surface area contributed by atoms with Gasteiger partial charge in [-0.1, -0.05) is 0 Å². The number of rotatable bonds is 7. The summed E-state index contributed by atoms with van der Waals surface area (Å²) in [5.41, 5.74) is 7.65. The van der Waals surface area contributed by atoms with Gasteiger partial charge < -0.3 is 20.7 Å². The van der Waals surface area contributed by atoms with E-state index in [1.54, 1.807) is 6.07 Å². The first-order valence-electron chi connectivity index (χ1n) is 13.3. The molecule has 3 aromatic heterocycles. The van der Waals surface area contributed by atoms with E-state index in [9.17, 15) is 35.9 Å². The molecule has 0 radical (unpaired) electrons. The Morgan fingerprint density at radius 2 is 1.91 bits per heavy atom. The van der Waals surface area contributed by atoms with E-state index >= 15 is 0 Å². The summed E-state index contributed by atoms with van der Waals surface area (Å²) in [5, 5.41) is 6.75. The summed E-state index contributed by atoms with van der Waals surface area (Å²) in [4.78, 5) is 36.3.